The summed E-state index contributed by atoms with van der Waals surface area (Å²) < 4.78 is 25.8. The maximum atomic E-state index is 12.9. The van der Waals surface area contributed by atoms with Crippen molar-refractivity contribution in [2.24, 2.45) is 0 Å². The molecule has 0 atom stereocenters. The van der Waals surface area contributed by atoms with E-state index in [0.717, 1.165) is 0 Å². The first kappa shape index (κ1) is 11.5. The van der Waals surface area contributed by atoms with Crippen molar-refractivity contribution >= 4 is 11.7 Å². The zero-order chi connectivity index (χ0) is 12.7. The van der Waals surface area contributed by atoms with E-state index in [1.807, 2.05) is 0 Å². The van der Waals surface area contributed by atoms with Gasteiger partial charge in [-0.15, -0.1) is 0 Å². The molecule has 0 aliphatic heterocycles. The topological polar surface area (TPSA) is 41.7 Å². The Balaban J connectivity index is 2.36. The minimum absolute atomic E-state index is 0.336. The molecule has 0 amide bonds. The Labute approximate surface area is 96.5 Å². The number of halogens is 2. The van der Waals surface area contributed by atoms with Gasteiger partial charge in [-0.3, -0.25) is 4.79 Å². The molecule has 0 unspecified atom stereocenters. The third-order valence-corrected chi connectivity index (χ3v) is 3.08. The number of benzene rings is 1. The van der Waals surface area contributed by atoms with Crippen molar-refractivity contribution in [2.75, 3.05) is 0 Å². The van der Waals surface area contributed by atoms with Crippen molar-refractivity contribution in [3.8, 4) is 0 Å². The van der Waals surface area contributed by atoms with Crippen molar-refractivity contribution in [1.82, 2.24) is 0 Å². The number of hydrogen-bond acceptors (Lipinski definition) is 1. The fraction of sp³-hybridized carbons (Fsp3) is 0.333. The van der Waals surface area contributed by atoms with Crippen LogP contribution in [0.3, 0.4) is 0 Å². The Kier molecular flexibility index (Phi) is 2.39. The summed E-state index contributed by atoms with van der Waals surface area (Å²) in [5.74, 6) is -4.14. The first-order chi connectivity index (χ1) is 7.89. The Morgan fingerprint density at radius 1 is 1.29 bits per heavy atom. The average molecular weight is 237 g/mol. The second-order valence-electron chi connectivity index (χ2n) is 4.26. The second-order valence-corrected chi connectivity index (χ2v) is 4.26. The lowest BCUT2D eigenvalue weighted by atomic mass is 9.62. The monoisotopic (exact) mass is 237 g/mol. The minimum atomic E-state index is -2.91. The number of hydrogen-bond donors (Lipinski definition) is 1. The van der Waals surface area contributed by atoms with E-state index in [2.05, 4.69) is 4.85 Å². The van der Waals surface area contributed by atoms with Gasteiger partial charge in [0.05, 0.1) is 6.57 Å². The third kappa shape index (κ3) is 1.76. The van der Waals surface area contributed by atoms with Gasteiger partial charge in [-0.25, -0.2) is 13.6 Å². The highest BCUT2D eigenvalue weighted by Gasteiger charge is 2.61. The summed E-state index contributed by atoms with van der Waals surface area (Å²) in [5, 5.41) is 9.10. The lowest BCUT2D eigenvalue weighted by Gasteiger charge is -2.44. The molecule has 0 heterocycles. The highest BCUT2D eigenvalue weighted by molar-refractivity contribution is 5.83. The number of carbonyl (C=O) groups is 1. The number of alkyl halides is 2. The molecule has 0 aromatic heterocycles. The third-order valence-electron chi connectivity index (χ3n) is 3.08. The van der Waals surface area contributed by atoms with E-state index in [0.29, 0.717) is 11.3 Å². The molecule has 1 N–H and O–H groups in total. The first-order valence-corrected chi connectivity index (χ1v) is 4.99. The van der Waals surface area contributed by atoms with Crippen LogP contribution in [0.1, 0.15) is 18.4 Å². The molecule has 88 valence electrons. The molecule has 1 aromatic carbocycles. The molecule has 1 fully saturated rings. The standard InChI is InChI=1S/C12H9F2NO2/c1-15-9-4-2-8(3-5-9)11(10(16)17)6-12(13,14)7-11/h2-5H,6-7H2,(H,16,17). The largest absolute Gasteiger partial charge is 0.481 e. The number of carboxylic acids is 1. The smallest absolute Gasteiger partial charge is 0.314 e. The van der Waals surface area contributed by atoms with Crippen LogP contribution in [0, 0.1) is 6.57 Å². The number of nitrogens with zero attached hydrogens (tertiary/aromatic N) is 1. The van der Waals surface area contributed by atoms with E-state index in [1.165, 1.54) is 24.3 Å². The van der Waals surface area contributed by atoms with Gasteiger partial charge in [0.25, 0.3) is 5.92 Å². The number of rotatable bonds is 2. The van der Waals surface area contributed by atoms with Gasteiger partial charge in [-0.2, -0.15) is 0 Å². The van der Waals surface area contributed by atoms with E-state index in [4.69, 9.17) is 11.7 Å². The van der Waals surface area contributed by atoms with Crippen molar-refractivity contribution in [1.29, 1.82) is 0 Å². The van der Waals surface area contributed by atoms with Crippen LogP contribution in [0.4, 0.5) is 14.5 Å². The van der Waals surface area contributed by atoms with Crippen molar-refractivity contribution in [2.45, 2.75) is 24.2 Å². The van der Waals surface area contributed by atoms with Crippen LogP contribution in [-0.4, -0.2) is 17.0 Å². The van der Waals surface area contributed by atoms with E-state index >= 15 is 0 Å². The summed E-state index contributed by atoms with van der Waals surface area (Å²) in [4.78, 5) is 14.3. The Hall–Kier alpha value is -1.96. The Bertz CT molecular complexity index is 494. The maximum absolute atomic E-state index is 12.9. The molecule has 0 bridgehead atoms. The van der Waals surface area contributed by atoms with Gasteiger partial charge in [-0.1, -0.05) is 24.3 Å². The Morgan fingerprint density at radius 2 is 1.82 bits per heavy atom. The van der Waals surface area contributed by atoms with Gasteiger partial charge in [0.15, 0.2) is 5.69 Å². The fourth-order valence-corrected chi connectivity index (χ4v) is 2.17. The predicted molar refractivity (Wildman–Crippen MR) is 56.2 cm³/mol. The SMILES string of the molecule is [C-]#[N+]c1ccc(C2(C(=O)O)CC(F)(F)C2)cc1. The van der Waals surface area contributed by atoms with Gasteiger partial charge in [-0.05, 0) is 5.56 Å². The van der Waals surface area contributed by atoms with Crippen LogP contribution in [-0.2, 0) is 10.2 Å². The van der Waals surface area contributed by atoms with E-state index in [1.54, 1.807) is 0 Å². The molecule has 0 spiro atoms. The summed E-state index contributed by atoms with van der Waals surface area (Å²) in [6.07, 6.45) is -1.35. The van der Waals surface area contributed by atoms with Crippen LogP contribution in [0.2, 0.25) is 0 Å². The summed E-state index contributed by atoms with van der Waals surface area (Å²) in [6.45, 7) is 6.77. The van der Waals surface area contributed by atoms with Gasteiger partial charge >= 0.3 is 5.97 Å². The number of carboxylic acid groups (broad SMARTS) is 1. The molecule has 1 aliphatic carbocycles. The first-order valence-electron chi connectivity index (χ1n) is 4.99. The highest BCUT2D eigenvalue weighted by Crippen LogP contribution is 2.53. The molecule has 17 heavy (non-hydrogen) atoms. The molecule has 5 heteroatoms. The molecule has 3 nitrogen and oxygen atoms in total. The highest BCUT2D eigenvalue weighted by atomic mass is 19.3. The molecule has 1 aliphatic rings. The summed E-state index contributed by atoms with van der Waals surface area (Å²) in [7, 11) is 0. The molecule has 1 saturated carbocycles. The zero-order valence-electron chi connectivity index (χ0n) is 8.78. The van der Waals surface area contributed by atoms with Crippen LogP contribution >= 0.6 is 0 Å². The summed E-state index contributed by atoms with van der Waals surface area (Å²) in [5.41, 5.74) is -0.798. The summed E-state index contributed by atoms with van der Waals surface area (Å²) >= 11 is 0. The van der Waals surface area contributed by atoms with E-state index in [9.17, 15) is 13.6 Å². The van der Waals surface area contributed by atoms with Crippen LogP contribution in [0.5, 0.6) is 0 Å². The van der Waals surface area contributed by atoms with Crippen LogP contribution < -0.4 is 0 Å². The second kappa shape index (κ2) is 3.52. The number of aliphatic carboxylic acids is 1. The van der Waals surface area contributed by atoms with Gasteiger partial charge in [0, 0.05) is 12.8 Å². The van der Waals surface area contributed by atoms with E-state index < -0.39 is 30.1 Å². The lowest BCUT2D eigenvalue weighted by Crippen LogP contribution is -2.54. The van der Waals surface area contributed by atoms with Gasteiger partial charge in [0.2, 0.25) is 0 Å². The average Bonchev–Trinajstić information content (AvgIpc) is 2.25. The van der Waals surface area contributed by atoms with Crippen molar-refractivity contribution in [3.05, 3.63) is 41.2 Å². The molecule has 2 rings (SSSR count). The molecular formula is C12H9F2NO2. The molecule has 0 radical (unpaired) electrons. The predicted octanol–water partition coefficient (Wildman–Crippen LogP) is 2.99. The zero-order valence-corrected chi connectivity index (χ0v) is 8.78. The quantitative estimate of drug-likeness (QED) is 0.803. The van der Waals surface area contributed by atoms with E-state index in [-0.39, 0.29) is 0 Å². The molecular weight excluding hydrogens is 228 g/mol. The van der Waals surface area contributed by atoms with Gasteiger partial charge < -0.3 is 5.11 Å². The fourth-order valence-electron chi connectivity index (χ4n) is 2.17. The summed E-state index contributed by atoms with van der Waals surface area (Å²) in [6, 6.07) is 5.78. The molecule has 1 aromatic rings. The van der Waals surface area contributed by atoms with Gasteiger partial charge in [0.1, 0.15) is 5.41 Å². The van der Waals surface area contributed by atoms with Crippen molar-refractivity contribution < 1.29 is 18.7 Å². The lowest BCUT2D eigenvalue weighted by molar-refractivity contribution is -0.174. The van der Waals surface area contributed by atoms with Crippen molar-refractivity contribution in [3.63, 3.8) is 0 Å². The molecule has 0 saturated heterocycles. The Morgan fingerprint density at radius 3 is 2.18 bits per heavy atom. The normalized spacial score (nSPS) is 20.1. The minimum Gasteiger partial charge on any atom is -0.481 e. The van der Waals surface area contributed by atoms with Crippen LogP contribution in [0.25, 0.3) is 4.85 Å². The maximum Gasteiger partial charge on any atom is 0.314 e. The van der Waals surface area contributed by atoms with Crippen LogP contribution in [0.15, 0.2) is 24.3 Å².